The van der Waals surface area contributed by atoms with E-state index in [9.17, 15) is 0 Å². The number of hydrogen-bond acceptors (Lipinski definition) is 1. The summed E-state index contributed by atoms with van der Waals surface area (Å²) >= 11 is 0. The van der Waals surface area contributed by atoms with E-state index in [1.165, 1.54) is 24.8 Å². The molecule has 0 saturated heterocycles. The number of rotatable bonds is 4. The normalized spacial score (nSPS) is 20.5. The summed E-state index contributed by atoms with van der Waals surface area (Å²) in [5.41, 5.74) is 1.92. The van der Waals surface area contributed by atoms with Gasteiger partial charge in [-0.05, 0) is 31.4 Å². The Morgan fingerprint density at radius 3 is 2.12 bits per heavy atom. The first-order valence-electron chi connectivity index (χ1n) is 6.43. The summed E-state index contributed by atoms with van der Waals surface area (Å²) < 4.78 is 0. The topological polar surface area (TPSA) is 12.0 Å². The minimum atomic E-state index is 0.393. The average molecular weight is 217 g/mol. The first-order valence-corrected chi connectivity index (χ1v) is 6.43. The van der Waals surface area contributed by atoms with E-state index < -0.39 is 0 Å². The number of hydrogen-bond donors (Lipinski definition) is 1. The highest BCUT2D eigenvalue weighted by molar-refractivity contribution is 5.30. The third kappa shape index (κ3) is 1.78. The first kappa shape index (κ1) is 11.7. The molecular weight excluding hydrogens is 194 g/mol. The molecule has 1 fully saturated rings. The Hall–Kier alpha value is -0.820. The smallest absolute Gasteiger partial charge is 0.0184 e. The van der Waals surface area contributed by atoms with Crippen LogP contribution in [-0.2, 0) is 5.41 Å². The van der Waals surface area contributed by atoms with Crippen LogP contribution in [0.1, 0.15) is 38.7 Å². The van der Waals surface area contributed by atoms with Gasteiger partial charge in [0.2, 0.25) is 0 Å². The van der Waals surface area contributed by atoms with Crippen molar-refractivity contribution in [2.45, 2.75) is 44.6 Å². The standard InChI is InChI=1S/C15H23N/c1-12(2)14(16-3)15(10-7-11-15)13-8-5-4-6-9-13/h4-6,8-9,12,14,16H,7,10-11H2,1-3H3. The van der Waals surface area contributed by atoms with Crippen molar-refractivity contribution in [1.82, 2.24) is 5.32 Å². The largest absolute Gasteiger partial charge is 0.316 e. The Morgan fingerprint density at radius 2 is 1.75 bits per heavy atom. The Labute approximate surface area is 99.3 Å². The molecule has 0 aromatic heterocycles. The summed E-state index contributed by atoms with van der Waals surface area (Å²) in [4.78, 5) is 0. The monoisotopic (exact) mass is 217 g/mol. The minimum Gasteiger partial charge on any atom is -0.316 e. The molecule has 0 bridgehead atoms. The molecule has 1 aromatic rings. The summed E-state index contributed by atoms with van der Waals surface area (Å²) in [5.74, 6) is 0.686. The fourth-order valence-corrected chi connectivity index (χ4v) is 3.35. The van der Waals surface area contributed by atoms with Crippen LogP contribution in [0.15, 0.2) is 30.3 Å². The van der Waals surface area contributed by atoms with Crippen LogP contribution in [-0.4, -0.2) is 13.1 Å². The predicted molar refractivity (Wildman–Crippen MR) is 69.7 cm³/mol. The zero-order valence-electron chi connectivity index (χ0n) is 10.7. The second kappa shape index (κ2) is 4.58. The zero-order chi connectivity index (χ0) is 11.6. The van der Waals surface area contributed by atoms with Crippen LogP contribution >= 0.6 is 0 Å². The Kier molecular flexibility index (Phi) is 3.34. The van der Waals surface area contributed by atoms with Gasteiger partial charge in [0.25, 0.3) is 0 Å². The molecule has 1 aliphatic rings. The number of nitrogens with one attached hydrogen (secondary N) is 1. The Morgan fingerprint density at radius 1 is 1.12 bits per heavy atom. The van der Waals surface area contributed by atoms with Crippen LogP contribution in [0.2, 0.25) is 0 Å². The highest BCUT2D eigenvalue weighted by Crippen LogP contribution is 2.48. The van der Waals surface area contributed by atoms with Gasteiger partial charge in [0, 0.05) is 11.5 Å². The van der Waals surface area contributed by atoms with E-state index in [4.69, 9.17) is 0 Å². The predicted octanol–water partition coefficient (Wildman–Crippen LogP) is 3.35. The lowest BCUT2D eigenvalue weighted by Gasteiger charge is -2.50. The van der Waals surface area contributed by atoms with E-state index >= 15 is 0 Å². The fourth-order valence-electron chi connectivity index (χ4n) is 3.35. The minimum absolute atomic E-state index is 0.393. The number of benzene rings is 1. The van der Waals surface area contributed by atoms with Crippen molar-refractivity contribution in [2.75, 3.05) is 7.05 Å². The van der Waals surface area contributed by atoms with E-state index in [1.54, 1.807) is 0 Å². The molecule has 16 heavy (non-hydrogen) atoms. The average Bonchev–Trinajstić information content (AvgIpc) is 2.23. The second-order valence-electron chi connectivity index (χ2n) is 5.39. The van der Waals surface area contributed by atoms with Crippen LogP contribution in [0.5, 0.6) is 0 Å². The molecule has 2 rings (SSSR count). The highest BCUT2D eigenvalue weighted by atomic mass is 14.9. The second-order valence-corrected chi connectivity index (χ2v) is 5.39. The van der Waals surface area contributed by atoms with Crippen molar-refractivity contribution >= 4 is 0 Å². The maximum atomic E-state index is 3.54. The molecule has 1 atom stereocenters. The molecule has 1 saturated carbocycles. The van der Waals surface area contributed by atoms with Crippen molar-refractivity contribution < 1.29 is 0 Å². The van der Waals surface area contributed by atoms with Crippen LogP contribution in [0.4, 0.5) is 0 Å². The Bertz CT molecular complexity index is 325. The van der Waals surface area contributed by atoms with Crippen molar-refractivity contribution in [1.29, 1.82) is 0 Å². The van der Waals surface area contributed by atoms with Gasteiger partial charge in [-0.2, -0.15) is 0 Å². The fraction of sp³-hybridized carbons (Fsp3) is 0.600. The maximum absolute atomic E-state index is 3.54. The van der Waals surface area contributed by atoms with Crippen molar-refractivity contribution in [3.8, 4) is 0 Å². The molecule has 0 aliphatic heterocycles. The lowest BCUT2D eigenvalue weighted by atomic mass is 9.58. The molecule has 1 heteroatoms. The molecule has 1 aliphatic carbocycles. The van der Waals surface area contributed by atoms with Gasteiger partial charge in [-0.25, -0.2) is 0 Å². The number of likely N-dealkylation sites (N-methyl/N-ethyl adjacent to an activating group) is 1. The van der Waals surface area contributed by atoms with E-state index in [2.05, 4.69) is 56.5 Å². The molecule has 1 aromatic carbocycles. The van der Waals surface area contributed by atoms with Gasteiger partial charge in [0.15, 0.2) is 0 Å². The van der Waals surface area contributed by atoms with Gasteiger partial charge >= 0.3 is 0 Å². The molecule has 1 unspecified atom stereocenters. The van der Waals surface area contributed by atoms with Crippen LogP contribution in [0.3, 0.4) is 0 Å². The summed E-state index contributed by atoms with van der Waals surface area (Å²) in [6.45, 7) is 4.65. The summed E-state index contributed by atoms with van der Waals surface area (Å²) in [6, 6.07) is 11.6. The SMILES string of the molecule is CNC(C(C)C)C1(c2ccccc2)CCC1. The molecule has 88 valence electrons. The van der Waals surface area contributed by atoms with E-state index in [1.807, 2.05) is 0 Å². The van der Waals surface area contributed by atoms with Crippen molar-refractivity contribution in [2.24, 2.45) is 5.92 Å². The third-order valence-electron chi connectivity index (χ3n) is 4.17. The van der Waals surface area contributed by atoms with Gasteiger partial charge in [0.05, 0.1) is 0 Å². The molecule has 1 nitrogen and oxygen atoms in total. The van der Waals surface area contributed by atoms with Crippen LogP contribution in [0, 0.1) is 5.92 Å². The molecule has 0 radical (unpaired) electrons. The lowest BCUT2D eigenvalue weighted by molar-refractivity contribution is 0.142. The summed E-state index contributed by atoms with van der Waals surface area (Å²) in [6.07, 6.45) is 4.04. The van der Waals surface area contributed by atoms with Gasteiger partial charge < -0.3 is 5.32 Å². The van der Waals surface area contributed by atoms with Gasteiger partial charge in [-0.3, -0.25) is 0 Å². The molecule has 1 N–H and O–H groups in total. The van der Waals surface area contributed by atoms with Crippen molar-refractivity contribution in [3.63, 3.8) is 0 Å². The van der Waals surface area contributed by atoms with Gasteiger partial charge in [-0.15, -0.1) is 0 Å². The molecule has 0 heterocycles. The van der Waals surface area contributed by atoms with Gasteiger partial charge in [-0.1, -0.05) is 50.6 Å². The molecule has 0 spiro atoms. The van der Waals surface area contributed by atoms with Crippen LogP contribution in [0.25, 0.3) is 0 Å². The van der Waals surface area contributed by atoms with E-state index in [0.717, 1.165) is 0 Å². The highest BCUT2D eigenvalue weighted by Gasteiger charge is 2.45. The molecule has 0 amide bonds. The van der Waals surface area contributed by atoms with Gasteiger partial charge in [0.1, 0.15) is 0 Å². The van der Waals surface area contributed by atoms with E-state index in [-0.39, 0.29) is 0 Å². The zero-order valence-corrected chi connectivity index (χ0v) is 10.7. The van der Waals surface area contributed by atoms with Crippen molar-refractivity contribution in [3.05, 3.63) is 35.9 Å². The quantitative estimate of drug-likeness (QED) is 0.815. The lowest BCUT2D eigenvalue weighted by Crippen LogP contribution is -2.54. The first-order chi connectivity index (χ1) is 7.70. The molecular formula is C15H23N. The third-order valence-corrected chi connectivity index (χ3v) is 4.17. The summed E-state index contributed by atoms with van der Waals surface area (Å²) in [5, 5.41) is 3.54. The van der Waals surface area contributed by atoms with E-state index in [0.29, 0.717) is 17.4 Å². The summed E-state index contributed by atoms with van der Waals surface area (Å²) in [7, 11) is 2.10. The maximum Gasteiger partial charge on any atom is 0.0184 e. The Balaban J connectivity index is 2.32. The van der Waals surface area contributed by atoms with Crippen LogP contribution < -0.4 is 5.32 Å².